The number of thioether (sulfide) groups is 1. The summed E-state index contributed by atoms with van der Waals surface area (Å²) in [5.74, 6) is 4.87. The van der Waals surface area contributed by atoms with E-state index in [1.165, 1.54) is 60.0 Å². The Morgan fingerprint density at radius 2 is 0.955 bits per heavy atom. The van der Waals surface area contributed by atoms with Crippen LogP contribution in [0.5, 0.6) is 0 Å². The van der Waals surface area contributed by atoms with Gasteiger partial charge in [0.15, 0.2) is 0 Å². The second-order valence-electron chi connectivity index (χ2n) is 33.3. The molecule has 88 heavy (non-hydrogen) atoms. The van der Waals surface area contributed by atoms with Crippen LogP contribution in [0.15, 0.2) is 28.5 Å². The van der Waals surface area contributed by atoms with Gasteiger partial charge in [-0.25, -0.2) is 10.2 Å². The first-order valence-corrected chi connectivity index (χ1v) is 46.1. The zero-order valence-corrected chi connectivity index (χ0v) is 62.7. The molecule has 10 aliphatic carbocycles. The molecule has 486 valence electrons. The van der Waals surface area contributed by atoms with Crippen LogP contribution >= 0.6 is 60.6 Å². The molecule has 14 rings (SSSR count). The van der Waals surface area contributed by atoms with Gasteiger partial charge in [-0.05, 0) is 218 Å². The minimum Gasteiger partial charge on any atom is -0.368 e. The Morgan fingerprint density at radius 1 is 0.545 bits per heavy atom. The SMILES string of the molecule is CC1(C)CC[C@]2(C(=O)Cl)CC[C@]3(C)C(=CCC4[C@@]5(C)Cc6c(N)n[nH]c6C(C)(C)C5CC[C@]43C)C2C1.CC1(C)CC[C@]2(C(=O)Sc3n[nH]c(N)n3)CC[C@]3(C)C(=CCC4[C@@]5(C)Cc6c(N)n[nH]c6C(C)(C)C5CC[C@]43C)C2C1.I[I-]I.Nc1n[nH]c(N)n1. The van der Waals surface area contributed by atoms with Crippen LogP contribution in [0.1, 0.15) is 222 Å². The molecular weight excluding hydrogens is 1480 g/mol. The molecule has 14 N–H and O–H groups in total. The maximum Gasteiger partial charge on any atom is 0.241 e. The predicted octanol–water partition coefficient (Wildman–Crippen LogP) is 12.1. The van der Waals surface area contributed by atoms with E-state index in [9.17, 15) is 9.59 Å². The topological polar surface area (TPSA) is 305 Å². The molecule has 6 saturated carbocycles. The molecule has 22 heteroatoms. The van der Waals surface area contributed by atoms with Gasteiger partial charge in [-0.3, -0.25) is 19.8 Å². The van der Waals surface area contributed by atoms with E-state index < -0.39 is 0 Å². The maximum atomic E-state index is 14.3. The van der Waals surface area contributed by atoms with Crippen LogP contribution in [-0.2, 0) is 33.3 Å². The van der Waals surface area contributed by atoms with Crippen molar-refractivity contribution in [3.63, 3.8) is 0 Å². The van der Waals surface area contributed by atoms with Crippen molar-refractivity contribution in [2.45, 2.75) is 228 Å². The maximum absolute atomic E-state index is 14.3. The fourth-order valence-electron chi connectivity index (χ4n) is 22.9. The van der Waals surface area contributed by atoms with Gasteiger partial charge >= 0.3 is 50.5 Å². The van der Waals surface area contributed by atoms with E-state index in [-0.39, 0.29) is 105 Å². The van der Waals surface area contributed by atoms with E-state index in [1.54, 1.807) is 11.1 Å². The second-order valence-corrected chi connectivity index (χ2v) is 50.8. The Kier molecular flexibility index (Phi) is 17.1. The quantitative estimate of drug-likeness (QED) is 0.0399. The molecule has 0 aromatic carbocycles. The van der Waals surface area contributed by atoms with Gasteiger partial charge in [0.2, 0.25) is 33.4 Å². The first kappa shape index (κ1) is 66.8. The summed E-state index contributed by atoms with van der Waals surface area (Å²) in [6.07, 6.45) is 24.5. The van der Waals surface area contributed by atoms with Crippen LogP contribution in [0.4, 0.5) is 29.5 Å². The summed E-state index contributed by atoms with van der Waals surface area (Å²) in [7, 11) is 0. The molecule has 0 radical (unpaired) electrons. The number of H-pyrrole nitrogens is 4. The number of hydrogen-bond acceptors (Lipinski definition) is 14. The van der Waals surface area contributed by atoms with Crippen LogP contribution in [0, 0.1) is 89.7 Å². The van der Waals surface area contributed by atoms with Gasteiger partial charge in [0.1, 0.15) is 11.6 Å². The fourth-order valence-corrected chi connectivity index (χ4v) is 24.1. The molecule has 17 nitrogen and oxygen atoms in total. The minimum atomic E-state index is -0.377. The van der Waals surface area contributed by atoms with Crippen molar-refractivity contribution < 1.29 is 22.8 Å². The molecule has 6 unspecified atom stereocenters. The number of aromatic nitrogens is 10. The molecule has 4 aromatic rings. The molecule has 0 spiro atoms. The van der Waals surface area contributed by atoms with Crippen molar-refractivity contribution >= 4 is 100 Å². The van der Waals surface area contributed by atoms with E-state index >= 15 is 0 Å². The first-order chi connectivity index (χ1) is 40.9. The minimum absolute atomic E-state index is 0.00161. The number of nitrogens with one attached hydrogen (secondary N) is 4. The Labute approximate surface area is 561 Å². The van der Waals surface area contributed by atoms with Gasteiger partial charge in [-0.15, -0.1) is 10.2 Å². The van der Waals surface area contributed by atoms with Crippen molar-refractivity contribution in [3.8, 4) is 0 Å². The molecule has 10 aliphatic rings. The van der Waals surface area contributed by atoms with Gasteiger partial charge in [-0.1, -0.05) is 120 Å². The largest absolute Gasteiger partial charge is 0.368 e. The Bertz CT molecular complexity index is 3430. The van der Waals surface area contributed by atoms with Gasteiger partial charge in [0, 0.05) is 38.8 Å². The fraction of sp³-hybridized carbons (Fsp3) is 0.758. The van der Waals surface area contributed by atoms with Gasteiger partial charge < -0.3 is 28.7 Å². The Morgan fingerprint density at radius 3 is 1.35 bits per heavy atom. The van der Waals surface area contributed by atoms with Crippen molar-refractivity contribution in [1.82, 2.24) is 50.8 Å². The summed E-state index contributed by atoms with van der Waals surface area (Å²) in [5.41, 5.74) is 37.6. The van der Waals surface area contributed by atoms with Gasteiger partial charge in [-0.2, -0.15) is 20.2 Å². The third kappa shape index (κ3) is 10.0. The molecule has 14 atom stereocenters. The number of nitrogens with zero attached hydrogens (tertiary/aromatic N) is 6. The van der Waals surface area contributed by atoms with E-state index in [1.807, 2.05) is 0 Å². The number of allylic oxidation sites excluding steroid dienone is 4. The number of aromatic amines is 4. The summed E-state index contributed by atoms with van der Waals surface area (Å²) < 4.78 is 0. The third-order valence-electron chi connectivity index (χ3n) is 27.7. The number of carbonyl (C=O) groups excluding carboxylic acids is 2. The van der Waals surface area contributed by atoms with Crippen molar-refractivity contribution in [3.05, 3.63) is 45.8 Å². The summed E-state index contributed by atoms with van der Waals surface area (Å²) in [6, 6.07) is 0. The number of anilines is 5. The van der Waals surface area contributed by atoms with Crippen LogP contribution < -0.4 is 41.9 Å². The van der Waals surface area contributed by atoms with Crippen LogP contribution in [-0.4, -0.2) is 61.1 Å². The normalized spacial score (nSPS) is 39.7. The van der Waals surface area contributed by atoms with Gasteiger partial charge in [0.05, 0.1) is 5.41 Å². The summed E-state index contributed by atoms with van der Waals surface area (Å²) in [4.78, 5) is 35.1. The average molecular weight is 1580 g/mol. The summed E-state index contributed by atoms with van der Waals surface area (Å²) in [6.45, 7) is 34.7. The Hall–Kier alpha value is -2.65. The monoisotopic (exact) mass is 1580 g/mol. The number of nitrogens with two attached hydrogens (primary N) is 5. The third-order valence-corrected chi connectivity index (χ3v) is 29.1. The number of carbonyl (C=O) groups is 2. The zero-order valence-electron chi connectivity index (χ0n) is 54.7. The second kappa shape index (κ2) is 22.5. The molecule has 4 aromatic heterocycles. The molecule has 0 aliphatic heterocycles. The number of fused-ring (bicyclic) bond motifs is 16. The molecule has 0 bridgehead atoms. The molecule has 0 amide bonds. The smallest absolute Gasteiger partial charge is 0.241 e. The molecule has 0 saturated heterocycles. The average Bonchev–Trinajstić information content (AvgIpc) is 0.811. The summed E-state index contributed by atoms with van der Waals surface area (Å²) in [5, 5.41) is 28.9. The van der Waals surface area contributed by atoms with Crippen LogP contribution in [0.2, 0.25) is 0 Å². The van der Waals surface area contributed by atoms with E-state index in [0.29, 0.717) is 53.7 Å². The molecular formula is C66H100ClI3N15O2S-. The van der Waals surface area contributed by atoms with E-state index in [0.717, 1.165) is 89.9 Å². The first-order valence-electron chi connectivity index (χ1n) is 32.4. The Balaban J connectivity index is 0.000000159. The van der Waals surface area contributed by atoms with Crippen molar-refractivity contribution in [1.29, 1.82) is 0 Å². The number of halogens is 4. The molecule has 6 fully saturated rings. The molecule has 4 heterocycles. The van der Waals surface area contributed by atoms with Crippen LogP contribution in [0.3, 0.4) is 0 Å². The standard InChI is InChI=1S/C33H49N7OS.C31H46ClN3O.C2H5N5.I3/c1-28(2)12-14-33(25(41)42-27-36-26(35)39-40-27)15-13-31(6)19(20(33)17-28)8-9-22-30(5)16-18-23(37-38-24(18)34)29(3,4)21(30)10-11-32(22,31)7;1-26(2)12-14-31(25(32)36)15-13-29(6)19(20(31)17-26)8-9-22-28(5)16-18-23(34-35-24(18)33)27(3,4)21(28)10-11-30(22,29)7;3-1-5-2(4)7-6-1;1-3-2/h8,20-22H,9-17H2,1-7H3,(H3,34,37,38)(H3,35,36,39,40);8,20-22H,9-17H2,1-7H3,(H3,33,34,35);(H5,3,4,5,6,7);/q;;;-1/t20?,21?,22?,30-,31+,32+,33-;20?,21?,22?,28-,29+,30+,31-;;/m00../s1. The predicted molar refractivity (Wildman–Crippen MR) is 367 cm³/mol. The van der Waals surface area contributed by atoms with Crippen molar-refractivity contribution in [2.24, 2.45) is 89.7 Å². The zero-order chi connectivity index (χ0) is 64.2. The number of rotatable bonds is 3. The number of nitrogen functional groups attached to an aromatic ring is 5. The number of hydrogen-bond donors (Lipinski definition) is 9. The van der Waals surface area contributed by atoms with E-state index in [2.05, 4.69) is 197 Å². The summed E-state index contributed by atoms with van der Waals surface area (Å²) >= 11 is 13.0. The van der Waals surface area contributed by atoms with E-state index in [4.69, 9.17) is 40.3 Å². The van der Waals surface area contributed by atoms with Crippen molar-refractivity contribution in [2.75, 3.05) is 28.7 Å². The van der Waals surface area contributed by atoms with Gasteiger partial charge in [0.25, 0.3) is 0 Å². The van der Waals surface area contributed by atoms with Crippen LogP contribution in [0.25, 0.3) is 0 Å².